The lowest BCUT2D eigenvalue weighted by molar-refractivity contribution is -0.121. The number of aryl methyl sites for hydroxylation is 2. The van der Waals surface area contributed by atoms with Crippen molar-refractivity contribution in [2.24, 2.45) is 0 Å². The number of aromatic nitrogens is 2. The second-order valence-electron chi connectivity index (χ2n) is 7.39. The van der Waals surface area contributed by atoms with Crippen molar-refractivity contribution in [2.75, 3.05) is 0 Å². The van der Waals surface area contributed by atoms with Crippen LogP contribution in [0.5, 0.6) is 0 Å². The maximum absolute atomic E-state index is 13.1. The molecule has 152 valence electrons. The molecule has 2 heterocycles. The minimum absolute atomic E-state index is 0.0824. The second-order valence-corrected chi connectivity index (χ2v) is 8.25. The van der Waals surface area contributed by atoms with Gasteiger partial charge in [-0.1, -0.05) is 60.2 Å². The Morgan fingerprint density at radius 1 is 1.13 bits per heavy atom. The summed E-state index contributed by atoms with van der Waals surface area (Å²) >= 11 is 1.46. The van der Waals surface area contributed by atoms with Gasteiger partial charge in [0.15, 0.2) is 0 Å². The van der Waals surface area contributed by atoms with E-state index in [-0.39, 0.29) is 30.5 Å². The quantitative estimate of drug-likeness (QED) is 0.495. The maximum Gasteiger partial charge on any atom is 0.262 e. The Morgan fingerprint density at radius 2 is 1.87 bits per heavy atom. The number of hydrogen-bond donors (Lipinski definition) is 1. The van der Waals surface area contributed by atoms with Gasteiger partial charge in [-0.15, -0.1) is 11.3 Å². The summed E-state index contributed by atoms with van der Waals surface area (Å²) in [6.45, 7) is 4.28. The molecule has 1 atom stereocenters. The maximum atomic E-state index is 13.1. The first-order chi connectivity index (χ1) is 14.5. The molecule has 0 unspecified atom stereocenters. The van der Waals surface area contributed by atoms with Crippen molar-refractivity contribution in [3.63, 3.8) is 0 Å². The summed E-state index contributed by atoms with van der Waals surface area (Å²) in [6, 6.07) is 17.8. The Balaban J connectivity index is 1.51. The van der Waals surface area contributed by atoms with Crippen LogP contribution in [-0.2, 0) is 11.3 Å². The molecule has 0 fully saturated rings. The van der Waals surface area contributed by atoms with E-state index in [0.29, 0.717) is 10.2 Å². The van der Waals surface area contributed by atoms with Crippen LogP contribution in [0.1, 0.15) is 30.5 Å². The molecule has 4 aromatic rings. The van der Waals surface area contributed by atoms with Crippen molar-refractivity contribution in [1.29, 1.82) is 0 Å². The summed E-state index contributed by atoms with van der Waals surface area (Å²) in [5.41, 5.74) is 4.00. The molecule has 0 saturated heterocycles. The minimum atomic E-state index is -0.110. The fourth-order valence-corrected chi connectivity index (χ4v) is 4.34. The second kappa shape index (κ2) is 8.63. The van der Waals surface area contributed by atoms with Crippen LogP contribution in [-0.4, -0.2) is 15.5 Å². The average Bonchev–Trinajstić information content (AvgIpc) is 3.19. The predicted octanol–water partition coefficient (Wildman–Crippen LogP) is 4.70. The zero-order valence-electron chi connectivity index (χ0n) is 17.0. The van der Waals surface area contributed by atoms with Gasteiger partial charge in [0, 0.05) is 23.9 Å². The number of fused-ring (bicyclic) bond motifs is 1. The van der Waals surface area contributed by atoms with E-state index in [9.17, 15) is 9.59 Å². The summed E-state index contributed by atoms with van der Waals surface area (Å²) in [5, 5.41) is 5.58. The Morgan fingerprint density at radius 3 is 2.60 bits per heavy atom. The van der Waals surface area contributed by atoms with E-state index >= 15 is 0 Å². The summed E-state index contributed by atoms with van der Waals surface area (Å²) in [7, 11) is 0. The number of carbonyl (C=O) groups is 1. The van der Waals surface area contributed by atoms with E-state index in [1.54, 1.807) is 0 Å². The van der Waals surface area contributed by atoms with E-state index in [0.717, 1.165) is 16.7 Å². The number of amides is 1. The van der Waals surface area contributed by atoms with Crippen molar-refractivity contribution in [2.45, 2.75) is 32.9 Å². The van der Waals surface area contributed by atoms with Gasteiger partial charge in [-0.2, -0.15) is 0 Å². The molecule has 4 rings (SSSR count). The van der Waals surface area contributed by atoms with E-state index < -0.39 is 0 Å². The monoisotopic (exact) mass is 417 g/mol. The van der Waals surface area contributed by atoms with Crippen LogP contribution in [0.15, 0.2) is 71.1 Å². The van der Waals surface area contributed by atoms with Gasteiger partial charge < -0.3 is 5.32 Å². The van der Waals surface area contributed by atoms with Crippen molar-refractivity contribution < 1.29 is 4.79 Å². The minimum Gasteiger partial charge on any atom is -0.350 e. The topological polar surface area (TPSA) is 64.0 Å². The first-order valence-corrected chi connectivity index (χ1v) is 10.8. The van der Waals surface area contributed by atoms with Gasteiger partial charge >= 0.3 is 0 Å². The molecule has 0 spiro atoms. The molecule has 0 bridgehead atoms. The average molecular weight is 418 g/mol. The molecule has 1 N–H and O–H groups in total. The Hall–Kier alpha value is -3.25. The van der Waals surface area contributed by atoms with Gasteiger partial charge in [-0.25, -0.2) is 4.98 Å². The summed E-state index contributed by atoms with van der Waals surface area (Å²) in [5.74, 6) is -0.0950. The third-order valence-electron chi connectivity index (χ3n) is 5.18. The van der Waals surface area contributed by atoms with E-state index in [2.05, 4.69) is 10.3 Å². The summed E-state index contributed by atoms with van der Waals surface area (Å²) < 4.78 is 1.53. The molecule has 1 amide bonds. The molecule has 6 heteroatoms. The first-order valence-electron chi connectivity index (χ1n) is 9.91. The molecule has 0 aliphatic heterocycles. The van der Waals surface area contributed by atoms with E-state index in [1.165, 1.54) is 27.8 Å². The third-order valence-corrected chi connectivity index (χ3v) is 6.07. The third kappa shape index (κ3) is 4.19. The van der Waals surface area contributed by atoms with Gasteiger partial charge in [0.05, 0.1) is 17.8 Å². The molecular formula is C24H23N3O2S. The van der Waals surface area contributed by atoms with E-state index in [1.807, 2.05) is 73.8 Å². The number of hydrogen-bond acceptors (Lipinski definition) is 4. The molecule has 0 radical (unpaired) electrons. The highest BCUT2D eigenvalue weighted by atomic mass is 32.1. The van der Waals surface area contributed by atoms with Crippen LogP contribution in [0, 0.1) is 6.92 Å². The number of carbonyl (C=O) groups excluding carboxylic acids is 1. The molecule has 2 aromatic heterocycles. The molecule has 0 aliphatic rings. The zero-order valence-corrected chi connectivity index (χ0v) is 17.8. The fraction of sp³-hybridized carbons (Fsp3) is 0.208. The Bertz CT molecular complexity index is 1230. The van der Waals surface area contributed by atoms with Crippen molar-refractivity contribution in [1.82, 2.24) is 14.9 Å². The normalized spacial score (nSPS) is 12.1. The fourth-order valence-electron chi connectivity index (χ4n) is 3.43. The highest BCUT2D eigenvalue weighted by molar-refractivity contribution is 7.17. The number of benzene rings is 2. The summed E-state index contributed by atoms with van der Waals surface area (Å²) in [4.78, 5) is 30.7. The van der Waals surface area contributed by atoms with Gasteiger partial charge in [-0.3, -0.25) is 14.2 Å². The lowest BCUT2D eigenvalue weighted by Gasteiger charge is -2.14. The van der Waals surface area contributed by atoms with Gasteiger partial charge in [0.2, 0.25) is 5.91 Å². The van der Waals surface area contributed by atoms with Crippen LogP contribution in [0.3, 0.4) is 0 Å². The standard InChI is InChI=1S/C24H23N3O2S/c1-16-8-10-19(11-9-16)20-14-30-23-22(20)24(29)27(15-25-23)13-12-21(28)26-17(2)18-6-4-3-5-7-18/h3-11,14-15,17H,12-13H2,1-2H3,(H,26,28)/t17-/m1/s1. The molecule has 2 aromatic carbocycles. The van der Waals surface area contributed by atoms with Crippen LogP contribution in [0.4, 0.5) is 0 Å². The number of thiophene rings is 1. The van der Waals surface area contributed by atoms with Gasteiger partial charge in [0.1, 0.15) is 4.83 Å². The lowest BCUT2D eigenvalue weighted by atomic mass is 10.1. The largest absolute Gasteiger partial charge is 0.350 e. The van der Waals surface area contributed by atoms with Crippen LogP contribution in [0.25, 0.3) is 21.3 Å². The van der Waals surface area contributed by atoms with Crippen molar-refractivity contribution in [3.8, 4) is 11.1 Å². The Kier molecular flexibility index (Phi) is 5.77. The number of rotatable bonds is 6. The first kappa shape index (κ1) is 20.0. The highest BCUT2D eigenvalue weighted by Gasteiger charge is 2.14. The van der Waals surface area contributed by atoms with E-state index in [4.69, 9.17) is 0 Å². The predicted molar refractivity (Wildman–Crippen MR) is 122 cm³/mol. The van der Waals surface area contributed by atoms with Gasteiger partial charge in [0.25, 0.3) is 5.56 Å². The molecule has 0 saturated carbocycles. The molecular weight excluding hydrogens is 394 g/mol. The van der Waals surface area contributed by atoms with Crippen molar-refractivity contribution in [3.05, 3.63) is 87.8 Å². The lowest BCUT2D eigenvalue weighted by Crippen LogP contribution is -2.29. The summed E-state index contributed by atoms with van der Waals surface area (Å²) in [6.07, 6.45) is 1.75. The highest BCUT2D eigenvalue weighted by Crippen LogP contribution is 2.30. The van der Waals surface area contributed by atoms with Crippen LogP contribution < -0.4 is 10.9 Å². The van der Waals surface area contributed by atoms with Crippen LogP contribution >= 0.6 is 11.3 Å². The smallest absolute Gasteiger partial charge is 0.262 e. The van der Waals surface area contributed by atoms with Crippen LogP contribution in [0.2, 0.25) is 0 Å². The molecule has 5 nitrogen and oxygen atoms in total. The number of nitrogens with zero attached hydrogens (tertiary/aromatic N) is 2. The molecule has 30 heavy (non-hydrogen) atoms. The van der Waals surface area contributed by atoms with Crippen molar-refractivity contribution >= 4 is 27.5 Å². The Labute approximate surface area is 179 Å². The van der Waals surface area contributed by atoms with Gasteiger partial charge in [-0.05, 0) is 25.0 Å². The molecule has 0 aliphatic carbocycles. The SMILES string of the molecule is Cc1ccc(-c2csc3ncn(CCC(=O)N[C@H](C)c4ccccc4)c(=O)c23)cc1. The zero-order chi connectivity index (χ0) is 21.1. The number of nitrogens with one attached hydrogen (secondary N) is 1.